The molecular weight excluding hydrogens is 489 g/mol. The number of alkyl halides is 3. The van der Waals surface area contributed by atoms with Gasteiger partial charge in [-0.25, -0.2) is 0 Å². The van der Waals surface area contributed by atoms with Crippen molar-refractivity contribution in [3.8, 4) is 0 Å². The van der Waals surface area contributed by atoms with Crippen LogP contribution in [0.25, 0.3) is 11.0 Å². The van der Waals surface area contributed by atoms with Crippen LogP contribution in [0.2, 0.25) is 0 Å². The van der Waals surface area contributed by atoms with Crippen LogP contribution in [0.3, 0.4) is 0 Å². The van der Waals surface area contributed by atoms with Gasteiger partial charge in [0.15, 0.2) is 0 Å². The zero-order valence-corrected chi connectivity index (χ0v) is 18.9. The number of hydrogen-bond acceptors (Lipinski definition) is 6. The predicted molar refractivity (Wildman–Crippen MR) is 101 cm³/mol. The zero-order chi connectivity index (χ0) is 24.7. The molecule has 0 atom stereocenters. The van der Waals surface area contributed by atoms with E-state index in [1.54, 1.807) is 0 Å². The van der Waals surface area contributed by atoms with Crippen LogP contribution in [0.4, 0.5) is 38.4 Å². The molecule has 0 fully saturated rings. The summed E-state index contributed by atoms with van der Waals surface area (Å²) in [5, 5.41) is 7.76. The van der Waals surface area contributed by atoms with Gasteiger partial charge in [-0.1, -0.05) is 0 Å². The molecule has 31 heavy (non-hydrogen) atoms. The van der Waals surface area contributed by atoms with E-state index in [2.05, 4.69) is 10.3 Å². The summed E-state index contributed by atoms with van der Waals surface area (Å²) in [6.45, 7) is 0. The molecule has 7 nitrogen and oxygen atoms in total. The van der Waals surface area contributed by atoms with Crippen LogP contribution in [0.15, 0.2) is 18.2 Å². The molecule has 0 N–H and O–H groups in total. The first kappa shape index (κ1) is 27.6. The first-order valence-electron chi connectivity index (χ1n) is 8.06. The van der Waals surface area contributed by atoms with Crippen LogP contribution < -0.4 is 4.62 Å². The number of halogens is 9. The van der Waals surface area contributed by atoms with Gasteiger partial charge in [0, 0.05) is 42.3 Å². The zero-order valence-electron chi connectivity index (χ0n) is 17.1. The third-order valence-electron chi connectivity index (χ3n) is 3.49. The second-order valence-corrected chi connectivity index (χ2v) is 12.3. The Labute approximate surface area is 172 Å². The van der Waals surface area contributed by atoms with Crippen molar-refractivity contribution in [2.45, 2.75) is 6.18 Å². The fourth-order valence-electron chi connectivity index (χ4n) is 2.53. The standard InChI is InChI=1S/C13H21F3N6OP.F6P/c1-19(2)24(20(3)4,21(5)6)23-22-12-9-10(13(14,15)16)7-8-11(12)17-18-22;1-7(2,3,4,5)6/h7-9H,1-6H3;/q+1;-1. The van der Waals surface area contributed by atoms with Crippen molar-refractivity contribution in [2.75, 3.05) is 42.3 Å². The van der Waals surface area contributed by atoms with Crippen LogP contribution in [0.5, 0.6) is 0 Å². The van der Waals surface area contributed by atoms with Crippen molar-refractivity contribution >= 4 is 26.8 Å². The first-order valence-corrected chi connectivity index (χ1v) is 11.7. The summed E-state index contributed by atoms with van der Waals surface area (Å²) in [7, 11) is -2.09. The van der Waals surface area contributed by atoms with E-state index in [1.807, 2.05) is 56.3 Å². The molecule has 0 aliphatic carbocycles. The van der Waals surface area contributed by atoms with Gasteiger partial charge in [0.25, 0.3) is 0 Å². The van der Waals surface area contributed by atoms with Crippen LogP contribution in [-0.4, -0.2) is 71.5 Å². The molecule has 1 aromatic heterocycles. The topological polar surface area (TPSA) is 49.7 Å². The number of nitrogens with zero attached hydrogens (tertiary/aromatic N) is 6. The Kier molecular flexibility index (Phi) is 6.97. The number of rotatable bonds is 5. The van der Waals surface area contributed by atoms with Crippen molar-refractivity contribution < 1.29 is 43.0 Å². The fraction of sp³-hybridized carbons (Fsp3) is 0.538. The Bertz CT molecular complexity index is 879. The second-order valence-electron chi connectivity index (χ2n) is 6.76. The van der Waals surface area contributed by atoms with E-state index >= 15 is 0 Å². The number of fused-ring (bicyclic) bond motifs is 1. The Balaban J connectivity index is 0.000000592. The molecule has 18 heteroatoms. The SMILES string of the molecule is CN(C)[P+](On1nnc2ccc(C(F)(F)F)cc21)(N(C)C)N(C)C.F[P-](F)(F)(F)(F)F. The minimum absolute atomic E-state index is 0.166. The number of aromatic nitrogens is 3. The van der Waals surface area contributed by atoms with Crippen molar-refractivity contribution in [1.82, 2.24) is 29.2 Å². The summed E-state index contributed by atoms with van der Waals surface area (Å²) in [6.07, 6.45) is -4.44. The van der Waals surface area contributed by atoms with Gasteiger partial charge < -0.3 is 0 Å². The van der Waals surface area contributed by atoms with Crippen LogP contribution >= 0.6 is 15.8 Å². The normalized spacial score (nSPS) is 15.7. The van der Waals surface area contributed by atoms with Crippen LogP contribution in [0, 0.1) is 0 Å². The summed E-state index contributed by atoms with van der Waals surface area (Å²) < 4.78 is 110. The van der Waals surface area contributed by atoms with Gasteiger partial charge in [-0.15, -0.1) is 19.1 Å². The van der Waals surface area contributed by atoms with Crippen LogP contribution in [0.1, 0.15) is 5.56 Å². The minimum atomic E-state index is -10.7. The van der Waals surface area contributed by atoms with E-state index in [4.69, 9.17) is 4.62 Å². The number of hydrogen-bond donors (Lipinski definition) is 0. The molecule has 2 aromatic rings. The molecule has 1 heterocycles. The molecule has 0 aliphatic heterocycles. The van der Waals surface area contributed by atoms with Crippen molar-refractivity contribution in [3.63, 3.8) is 0 Å². The Morgan fingerprint density at radius 3 is 1.65 bits per heavy atom. The van der Waals surface area contributed by atoms with Gasteiger partial charge in [-0.05, 0) is 28.3 Å². The third kappa shape index (κ3) is 8.19. The molecule has 0 saturated heterocycles. The monoisotopic (exact) mass is 510 g/mol. The quantitative estimate of drug-likeness (QED) is 0.385. The molecule has 0 amide bonds. The maximum absolute atomic E-state index is 13.0. The molecule has 0 radical (unpaired) electrons. The van der Waals surface area contributed by atoms with Gasteiger partial charge in [-0.2, -0.15) is 17.8 Å². The van der Waals surface area contributed by atoms with Gasteiger partial charge >= 0.3 is 47.1 Å². The summed E-state index contributed by atoms with van der Waals surface area (Å²) in [4.78, 5) is 1.07. The summed E-state index contributed by atoms with van der Waals surface area (Å²) in [6, 6.07) is 3.25. The average molecular weight is 510 g/mol. The molecule has 0 bridgehead atoms. The van der Waals surface area contributed by atoms with Gasteiger partial charge in [0.2, 0.25) is 0 Å². The Morgan fingerprint density at radius 2 is 1.29 bits per heavy atom. The molecule has 0 saturated carbocycles. The van der Waals surface area contributed by atoms with E-state index in [0.29, 0.717) is 5.52 Å². The molecule has 1 aromatic carbocycles. The summed E-state index contributed by atoms with van der Waals surface area (Å²) in [5.74, 6) is 0. The van der Waals surface area contributed by atoms with E-state index in [-0.39, 0.29) is 5.52 Å². The fourth-order valence-corrected chi connectivity index (χ4v) is 5.44. The van der Waals surface area contributed by atoms with E-state index < -0.39 is 27.5 Å². The molecule has 0 aliphatic rings. The second kappa shape index (κ2) is 7.84. The predicted octanol–water partition coefficient (Wildman–Crippen LogP) is 5.62. The maximum atomic E-state index is 13.0. The molecular formula is C13H21F9N6OP2. The third-order valence-corrected chi connectivity index (χ3v) is 6.99. The van der Waals surface area contributed by atoms with Crippen molar-refractivity contribution in [1.29, 1.82) is 0 Å². The molecule has 2 rings (SSSR count). The summed E-state index contributed by atoms with van der Waals surface area (Å²) in [5.41, 5.74) is -0.275. The van der Waals surface area contributed by atoms with Crippen molar-refractivity contribution in [3.05, 3.63) is 23.8 Å². The van der Waals surface area contributed by atoms with Gasteiger partial charge in [0.1, 0.15) is 11.0 Å². The van der Waals surface area contributed by atoms with Gasteiger partial charge in [-0.3, -0.25) is 0 Å². The first-order chi connectivity index (χ1) is 13.4. The number of benzene rings is 1. The van der Waals surface area contributed by atoms with Crippen LogP contribution in [-0.2, 0) is 6.18 Å². The van der Waals surface area contributed by atoms with E-state index in [1.165, 1.54) is 6.07 Å². The van der Waals surface area contributed by atoms with E-state index in [9.17, 15) is 38.4 Å². The van der Waals surface area contributed by atoms with Crippen molar-refractivity contribution in [2.24, 2.45) is 0 Å². The summed E-state index contributed by atoms with van der Waals surface area (Å²) >= 11 is 0. The molecule has 0 unspecified atom stereocenters. The average Bonchev–Trinajstić information content (AvgIpc) is 2.89. The van der Waals surface area contributed by atoms with E-state index in [0.717, 1.165) is 17.0 Å². The van der Waals surface area contributed by atoms with Gasteiger partial charge in [0.05, 0.1) is 5.56 Å². The Hall–Kier alpha value is -1.47. The Morgan fingerprint density at radius 1 is 0.871 bits per heavy atom. The molecule has 0 spiro atoms. The molecule has 182 valence electrons.